The van der Waals surface area contributed by atoms with E-state index in [-0.39, 0.29) is 12.4 Å². The van der Waals surface area contributed by atoms with Crippen LogP contribution in [0.2, 0.25) is 10.0 Å². The van der Waals surface area contributed by atoms with E-state index in [2.05, 4.69) is 28.4 Å². The van der Waals surface area contributed by atoms with Crippen molar-refractivity contribution in [2.45, 2.75) is 0 Å². The number of nitrogens with one attached hydrogen (secondary N) is 1. The number of nitrogens with zero attached hydrogens (tertiary/aromatic N) is 2. The molecule has 1 aromatic heterocycles. The van der Waals surface area contributed by atoms with Gasteiger partial charge in [0.2, 0.25) is 0 Å². The van der Waals surface area contributed by atoms with Crippen molar-refractivity contribution in [3.05, 3.63) is 58.6 Å². The Morgan fingerprint density at radius 2 is 1.68 bits per heavy atom. The lowest BCUT2D eigenvalue weighted by Crippen LogP contribution is -2.43. The number of rotatable bonds is 2. The lowest BCUT2D eigenvalue weighted by atomic mass is 10.1. The van der Waals surface area contributed by atoms with E-state index in [1.54, 1.807) is 6.07 Å². The molecule has 1 N–H and O–H groups in total. The minimum absolute atomic E-state index is 0. The van der Waals surface area contributed by atoms with Crippen LogP contribution in [-0.2, 0) is 0 Å². The molecular formula is C19H18Cl3N3. The minimum Gasteiger partial charge on any atom is -0.368 e. The van der Waals surface area contributed by atoms with Gasteiger partial charge in [0, 0.05) is 47.8 Å². The first kappa shape index (κ1) is 18.3. The average Bonchev–Trinajstić information content (AvgIpc) is 2.62. The molecule has 0 radical (unpaired) electrons. The van der Waals surface area contributed by atoms with Gasteiger partial charge in [-0.1, -0.05) is 53.5 Å². The number of aromatic nitrogens is 1. The van der Waals surface area contributed by atoms with Crippen molar-refractivity contribution in [2.24, 2.45) is 0 Å². The molecule has 0 amide bonds. The summed E-state index contributed by atoms with van der Waals surface area (Å²) in [5.74, 6) is 0. The third-order valence-electron chi connectivity index (χ3n) is 4.33. The van der Waals surface area contributed by atoms with Crippen LogP contribution in [0.1, 0.15) is 0 Å². The van der Waals surface area contributed by atoms with Gasteiger partial charge in [-0.05, 0) is 18.2 Å². The molecule has 2 aromatic carbocycles. The predicted octanol–water partition coefficient (Wildman–Crippen LogP) is 5.04. The second-order valence-electron chi connectivity index (χ2n) is 5.91. The Morgan fingerprint density at radius 1 is 0.960 bits per heavy atom. The molecular weight excluding hydrogens is 377 g/mol. The van der Waals surface area contributed by atoms with Gasteiger partial charge < -0.3 is 10.2 Å². The highest BCUT2D eigenvalue weighted by Crippen LogP contribution is 2.37. The first-order valence-corrected chi connectivity index (χ1v) is 8.79. The lowest BCUT2D eigenvalue weighted by molar-refractivity contribution is 0.590. The van der Waals surface area contributed by atoms with Gasteiger partial charge in [0.1, 0.15) is 0 Å². The molecule has 3 nitrogen and oxygen atoms in total. The SMILES string of the molecule is Cl.Clc1cc(Cl)c2c(N3CCNCC3)cc(-c3ccccc3)nc2c1. The first-order valence-electron chi connectivity index (χ1n) is 8.03. The standard InChI is InChI=1S/C19H17Cl2N3.ClH/c20-14-10-15(21)19-17(11-14)23-16(13-4-2-1-3-5-13)12-18(19)24-8-6-22-7-9-24;/h1-5,10-12,22H,6-9H2;1H. The van der Waals surface area contributed by atoms with Gasteiger partial charge in [0.15, 0.2) is 0 Å². The number of hydrogen-bond donors (Lipinski definition) is 1. The second-order valence-corrected chi connectivity index (χ2v) is 6.76. The molecule has 4 rings (SSSR count). The van der Waals surface area contributed by atoms with Gasteiger partial charge in [0.25, 0.3) is 0 Å². The van der Waals surface area contributed by atoms with Crippen LogP contribution >= 0.6 is 35.6 Å². The van der Waals surface area contributed by atoms with E-state index in [4.69, 9.17) is 28.2 Å². The molecule has 1 fully saturated rings. The van der Waals surface area contributed by atoms with E-state index in [1.165, 1.54) is 0 Å². The Hall–Kier alpha value is -1.52. The summed E-state index contributed by atoms with van der Waals surface area (Å²) in [5, 5.41) is 5.62. The number of piperazine rings is 1. The zero-order valence-electron chi connectivity index (χ0n) is 13.5. The Bertz CT molecular complexity index is 878. The highest BCUT2D eigenvalue weighted by molar-refractivity contribution is 6.39. The van der Waals surface area contributed by atoms with Gasteiger partial charge in [0.05, 0.1) is 16.2 Å². The van der Waals surface area contributed by atoms with Gasteiger partial charge in [-0.3, -0.25) is 0 Å². The van der Waals surface area contributed by atoms with Crippen LogP contribution in [0.4, 0.5) is 5.69 Å². The second kappa shape index (κ2) is 7.79. The van der Waals surface area contributed by atoms with E-state index in [1.807, 2.05) is 24.3 Å². The summed E-state index contributed by atoms with van der Waals surface area (Å²) in [7, 11) is 0. The molecule has 0 spiro atoms. The molecule has 0 atom stereocenters. The van der Waals surface area contributed by atoms with E-state index in [0.29, 0.717) is 10.0 Å². The minimum atomic E-state index is 0. The Kier molecular flexibility index (Phi) is 5.70. The van der Waals surface area contributed by atoms with Crippen LogP contribution in [0.25, 0.3) is 22.2 Å². The van der Waals surface area contributed by atoms with Crippen molar-refractivity contribution in [3.8, 4) is 11.3 Å². The van der Waals surface area contributed by atoms with Crippen molar-refractivity contribution in [1.82, 2.24) is 10.3 Å². The molecule has 0 bridgehead atoms. The summed E-state index contributed by atoms with van der Waals surface area (Å²) < 4.78 is 0. The molecule has 0 unspecified atom stereocenters. The lowest BCUT2D eigenvalue weighted by Gasteiger charge is -2.31. The highest BCUT2D eigenvalue weighted by Gasteiger charge is 2.18. The van der Waals surface area contributed by atoms with Crippen LogP contribution in [0, 0.1) is 0 Å². The largest absolute Gasteiger partial charge is 0.368 e. The smallest absolute Gasteiger partial charge is 0.0760 e. The van der Waals surface area contributed by atoms with Crippen molar-refractivity contribution >= 4 is 52.2 Å². The van der Waals surface area contributed by atoms with Gasteiger partial charge in [-0.25, -0.2) is 4.98 Å². The van der Waals surface area contributed by atoms with Crippen molar-refractivity contribution < 1.29 is 0 Å². The Morgan fingerprint density at radius 3 is 2.40 bits per heavy atom. The van der Waals surface area contributed by atoms with E-state index in [0.717, 1.165) is 54.0 Å². The van der Waals surface area contributed by atoms with Crippen LogP contribution in [0.15, 0.2) is 48.5 Å². The van der Waals surface area contributed by atoms with E-state index >= 15 is 0 Å². The maximum absolute atomic E-state index is 6.52. The fourth-order valence-corrected chi connectivity index (χ4v) is 3.76. The monoisotopic (exact) mass is 393 g/mol. The molecule has 0 aliphatic carbocycles. The summed E-state index contributed by atoms with van der Waals surface area (Å²) in [6.45, 7) is 3.84. The average molecular weight is 395 g/mol. The molecule has 1 saturated heterocycles. The van der Waals surface area contributed by atoms with Gasteiger partial charge >= 0.3 is 0 Å². The van der Waals surface area contributed by atoms with E-state index < -0.39 is 0 Å². The summed E-state index contributed by atoms with van der Waals surface area (Å²) in [5.41, 5.74) is 3.99. The third kappa shape index (κ3) is 3.70. The third-order valence-corrected chi connectivity index (χ3v) is 4.85. The molecule has 25 heavy (non-hydrogen) atoms. The predicted molar refractivity (Wildman–Crippen MR) is 110 cm³/mol. The maximum atomic E-state index is 6.52. The topological polar surface area (TPSA) is 28.2 Å². The Labute approximate surface area is 163 Å². The zero-order valence-corrected chi connectivity index (χ0v) is 15.8. The number of hydrogen-bond acceptors (Lipinski definition) is 3. The molecule has 0 saturated carbocycles. The zero-order chi connectivity index (χ0) is 16.5. The molecule has 130 valence electrons. The van der Waals surface area contributed by atoms with Gasteiger partial charge in [-0.15, -0.1) is 12.4 Å². The number of fused-ring (bicyclic) bond motifs is 1. The molecule has 1 aliphatic rings. The summed E-state index contributed by atoms with van der Waals surface area (Å²) in [6.07, 6.45) is 0. The maximum Gasteiger partial charge on any atom is 0.0760 e. The van der Waals surface area contributed by atoms with Crippen molar-refractivity contribution in [1.29, 1.82) is 0 Å². The van der Waals surface area contributed by atoms with Crippen LogP contribution in [0.3, 0.4) is 0 Å². The molecule has 6 heteroatoms. The highest BCUT2D eigenvalue weighted by atomic mass is 35.5. The molecule has 2 heterocycles. The van der Waals surface area contributed by atoms with Crippen LogP contribution < -0.4 is 10.2 Å². The number of benzene rings is 2. The normalized spacial score (nSPS) is 14.4. The van der Waals surface area contributed by atoms with Crippen LogP contribution in [-0.4, -0.2) is 31.2 Å². The molecule has 3 aromatic rings. The number of pyridine rings is 1. The summed E-state index contributed by atoms with van der Waals surface area (Å²) >= 11 is 12.7. The van der Waals surface area contributed by atoms with E-state index in [9.17, 15) is 0 Å². The van der Waals surface area contributed by atoms with Crippen molar-refractivity contribution in [2.75, 3.05) is 31.1 Å². The fourth-order valence-electron chi connectivity index (χ4n) is 3.18. The Balaban J connectivity index is 0.00000182. The first-order chi connectivity index (χ1) is 11.7. The number of halogens is 3. The van der Waals surface area contributed by atoms with Gasteiger partial charge in [-0.2, -0.15) is 0 Å². The fraction of sp³-hybridized carbons (Fsp3) is 0.211. The number of anilines is 1. The quantitative estimate of drug-likeness (QED) is 0.660. The summed E-state index contributed by atoms with van der Waals surface area (Å²) in [4.78, 5) is 7.18. The summed E-state index contributed by atoms with van der Waals surface area (Å²) in [6, 6.07) is 16.0. The van der Waals surface area contributed by atoms with Crippen LogP contribution in [0.5, 0.6) is 0 Å². The van der Waals surface area contributed by atoms with Crippen molar-refractivity contribution in [3.63, 3.8) is 0 Å². The molecule has 1 aliphatic heterocycles.